The maximum absolute atomic E-state index is 12.1. The molecule has 106 valence electrons. The van der Waals surface area contributed by atoms with Crippen molar-refractivity contribution in [3.63, 3.8) is 0 Å². The van der Waals surface area contributed by atoms with Crippen molar-refractivity contribution in [3.05, 3.63) is 53.6 Å². The summed E-state index contributed by atoms with van der Waals surface area (Å²) >= 11 is 5.87. The first-order valence-corrected chi connectivity index (χ1v) is 7.10. The summed E-state index contributed by atoms with van der Waals surface area (Å²) in [6, 6.07) is 7.88. The molecule has 0 radical (unpaired) electrons. The number of rotatable bonds is 5. The molecule has 0 aliphatic carbocycles. The van der Waals surface area contributed by atoms with Gasteiger partial charge in [0.2, 0.25) is 5.91 Å². The van der Waals surface area contributed by atoms with Crippen molar-refractivity contribution in [2.45, 2.75) is 33.1 Å². The molecule has 1 heterocycles. The minimum atomic E-state index is -0.0407. The van der Waals surface area contributed by atoms with Gasteiger partial charge in [-0.15, -0.1) is 0 Å². The van der Waals surface area contributed by atoms with Gasteiger partial charge in [0.25, 0.3) is 0 Å². The van der Waals surface area contributed by atoms with Crippen LogP contribution in [0.25, 0.3) is 0 Å². The fourth-order valence-corrected chi connectivity index (χ4v) is 2.26. The SMILES string of the molecule is CC(C)(CCc1ccc(Cl)cc1)CC(=O)n1ccnc1. The predicted octanol–water partition coefficient (Wildman–Crippen LogP) is 4.23. The largest absolute Gasteiger partial charge is 0.276 e. The second kappa shape index (κ2) is 6.23. The lowest BCUT2D eigenvalue weighted by atomic mass is 9.83. The Bertz CT molecular complexity index is 559. The van der Waals surface area contributed by atoms with Gasteiger partial charge in [0.15, 0.2) is 0 Å². The number of halogens is 1. The molecular formula is C16H19ClN2O. The molecule has 1 aromatic carbocycles. The van der Waals surface area contributed by atoms with Gasteiger partial charge >= 0.3 is 0 Å². The van der Waals surface area contributed by atoms with E-state index in [0.717, 1.165) is 17.9 Å². The zero-order chi connectivity index (χ0) is 14.6. The standard InChI is InChI=1S/C16H19ClN2O/c1-16(2,11-15(20)19-10-9-18-12-19)8-7-13-3-5-14(17)6-4-13/h3-6,9-10,12H,7-8,11H2,1-2H3. The average Bonchev–Trinajstić information content (AvgIpc) is 2.91. The van der Waals surface area contributed by atoms with Crippen LogP contribution in [0, 0.1) is 5.41 Å². The Morgan fingerprint density at radius 1 is 1.30 bits per heavy atom. The number of benzene rings is 1. The molecule has 1 aromatic heterocycles. The molecule has 20 heavy (non-hydrogen) atoms. The summed E-state index contributed by atoms with van der Waals surface area (Å²) < 4.78 is 1.55. The van der Waals surface area contributed by atoms with E-state index >= 15 is 0 Å². The molecule has 0 amide bonds. The molecule has 0 fully saturated rings. The maximum atomic E-state index is 12.1. The number of nitrogens with zero attached hydrogens (tertiary/aromatic N) is 2. The average molecular weight is 291 g/mol. The number of hydrogen-bond acceptors (Lipinski definition) is 2. The van der Waals surface area contributed by atoms with Crippen LogP contribution in [-0.4, -0.2) is 15.5 Å². The predicted molar refractivity (Wildman–Crippen MR) is 81.0 cm³/mol. The van der Waals surface area contributed by atoms with E-state index in [4.69, 9.17) is 11.6 Å². The van der Waals surface area contributed by atoms with Gasteiger partial charge in [-0.2, -0.15) is 0 Å². The number of carbonyl (C=O) groups is 1. The minimum Gasteiger partial charge on any atom is -0.276 e. The third kappa shape index (κ3) is 4.20. The molecule has 2 rings (SSSR count). The van der Waals surface area contributed by atoms with E-state index in [9.17, 15) is 4.79 Å². The summed E-state index contributed by atoms with van der Waals surface area (Å²) in [4.78, 5) is 16.0. The van der Waals surface area contributed by atoms with E-state index in [2.05, 4.69) is 18.8 Å². The van der Waals surface area contributed by atoms with Crippen LogP contribution in [0.5, 0.6) is 0 Å². The summed E-state index contributed by atoms with van der Waals surface area (Å²) in [5.74, 6) is 0.0867. The number of aromatic nitrogens is 2. The topological polar surface area (TPSA) is 34.9 Å². The number of aryl methyl sites for hydroxylation is 1. The van der Waals surface area contributed by atoms with Crippen LogP contribution in [-0.2, 0) is 6.42 Å². The van der Waals surface area contributed by atoms with Gasteiger partial charge < -0.3 is 0 Å². The van der Waals surface area contributed by atoms with Gasteiger partial charge in [0, 0.05) is 23.8 Å². The van der Waals surface area contributed by atoms with Crippen LogP contribution in [0.4, 0.5) is 0 Å². The molecule has 0 unspecified atom stereocenters. The van der Waals surface area contributed by atoms with Crippen molar-refractivity contribution in [1.29, 1.82) is 0 Å². The molecule has 0 aliphatic rings. The highest BCUT2D eigenvalue weighted by molar-refractivity contribution is 6.30. The third-order valence-electron chi connectivity index (χ3n) is 3.43. The molecule has 0 spiro atoms. The molecule has 2 aromatic rings. The first kappa shape index (κ1) is 14.8. The van der Waals surface area contributed by atoms with Crippen molar-refractivity contribution in [2.24, 2.45) is 5.41 Å². The summed E-state index contributed by atoms with van der Waals surface area (Å²) in [7, 11) is 0. The van der Waals surface area contributed by atoms with Crippen molar-refractivity contribution < 1.29 is 4.79 Å². The van der Waals surface area contributed by atoms with Crippen molar-refractivity contribution >= 4 is 17.5 Å². The highest BCUT2D eigenvalue weighted by atomic mass is 35.5. The Hall–Kier alpha value is -1.61. The van der Waals surface area contributed by atoms with Crippen LogP contribution in [0.3, 0.4) is 0 Å². The quantitative estimate of drug-likeness (QED) is 0.826. The summed E-state index contributed by atoms with van der Waals surface area (Å²) in [6.45, 7) is 4.25. The molecule has 0 N–H and O–H groups in total. The van der Waals surface area contributed by atoms with Gasteiger partial charge in [-0.3, -0.25) is 9.36 Å². The summed E-state index contributed by atoms with van der Waals surface area (Å²) in [6.07, 6.45) is 7.28. The number of imidazole rings is 1. The van der Waals surface area contributed by atoms with Crippen LogP contribution in [0.1, 0.15) is 37.0 Å². The monoisotopic (exact) mass is 290 g/mol. The van der Waals surface area contributed by atoms with Crippen LogP contribution in [0.2, 0.25) is 5.02 Å². The highest BCUT2D eigenvalue weighted by Gasteiger charge is 2.22. The van der Waals surface area contributed by atoms with E-state index in [1.165, 1.54) is 5.56 Å². The van der Waals surface area contributed by atoms with Gasteiger partial charge in [-0.05, 0) is 36.0 Å². The van der Waals surface area contributed by atoms with Gasteiger partial charge in [0.05, 0.1) is 0 Å². The van der Waals surface area contributed by atoms with Crippen LogP contribution < -0.4 is 0 Å². The zero-order valence-corrected chi connectivity index (χ0v) is 12.6. The van der Waals surface area contributed by atoms with E-state index in [1.807, 2.05) is 24.3 Å². The first-order valence-electron chi connectivity index (χ1n) is 6.72. The normalized spacial score (nSPS) is 11.6. The molecule has 4 heteroatoms. The van der Waals surface area contributed by atoms with Crippen molar-refractivity contribution in [3.8, 4) is 0 Å². The Labute approximate surface area is 124 Å². The molecule has 0 bridgehead atoms. The van der Waals surface area contributed by atoms with E-state index < -0.39 is 0 Å². The first-order chi connectivity index (χ1) is 9.46. The minimum absolute atomic E-state index is 0.0407. The number of carbonyl (C=O) groups excluding carboxylic acids is 1. The van der Waals surface area contributed by atoms with E-state index in [-0.39, 0.29) is 11.3 Å². The van der Waals surface area contributed by atoms with Crippen molar-refractivity contribution in [2.75, 3.05) is 0 Å². The third-order valence-corrected chi connectivity index (χ3v) is 3.68. The second-order valence-electron chi connectivity index (χ2n) is 5.83. The Morgan fingerprint density at radius 2 is 2.00 bits per heavy atom. The second-order valence-corrected chi connectivity index (χ2v) is 6.27. The van der Waals surface area contributed by atoms with Gasteiger partial charge in [0.1, 0.15) is 6.33 Å². The fraction of sp³-hybridized carbons (Fsp3) is 0.375. The van der Waals surface area contributed by atoms with E-state index in [1.54, 1.807) is 23.3 Å². The maximum Gasteiger partial charge on any atom is 0.232 e. The fourth-order valence-electron chi connectivity index (χ4n) is 2.13. The molecule has 0 saturated heterocycles. The lowest BCUT2D eigenvalue weighted by molar-refractivity contribution is 0.0842. The Kier molecular flexibility index (Phi) is 4.61. The molecule has 0 atom stereocenters. The highest BCUT2D eigenvalue weighted by Crippen LogP contribution is 2.28. The molecule has 3 nitrogen and oxygen atoms in total. The Morgan fingerprint density at radius 3 is 2.60 bits per heavy atom. The van der Waals surface area contributed by atoms with Gasteiger partial charge in [-0.1, -0.05) is 37.6 Å². The van der Waals surface area contributed by atoms with E-state index in [0.29, 0.717) is 6.42 Å². The lowest BCUT2D eigenvalue weighted by Gasteiger charge is -2.23. The Balaban J connectivity index is 1.90. The van der Waals surface area contributed by atoms with Crippen molar-refractivity contribution in [1.82, 2.24) is 9.55 Å². The molecule has 0 aliphatic heterocycles. The summed E-state index contributed by atoms with van der Waals surface area (Å²) in [5.41, 5.74) is 1.21. The molecule has 0 saturated carbocycles. The lowest BCUT2D eigenvalue weighted by Crippen LogP contribution is -2.21. The van der Waals surface area contributed by atoms with Crippen LogP contribution >= 0.6 is 11.6 Å². The summed E-state index contributed by atoms with van der Waals surface area (Å²) in [5, 5.41) is 0.753. The van der Waals surface area contributed by atoms with Gasteiger partial charge in [-0.25, -0.2) is 4.98 Å². The number of hydrogen-bond donors (Lipinski definition) is 0. The molecular weight excluding hydrogens is 272 g/mol. The van der Waals surface area contributed by atoms with Crippen LogP contribution in [0.15, 0.2) is 43.0 Å². The zero-order valence-electron chi connectivity index (χ0n) is 11.8. The smallest absolute Gasteiger partial charge is 0.232 e.